The molecule has 0 saturated carbocycles. The zero-order chi connectivity index (χ0) is 12.4. The van der Waals surface area contributed by atoms with Crippen molar-refractivity contribution in [3.05, 3.63) is 40.6 Å². The molecule has 0 aliphatic heterocycles. The first-order valence-corrected chi connectivity index (χ1v) is 6.64. The Hall–Kier alpha value is -1.07. The summed E-state index contributed by atoms with van der Waals surface area (Å²) in [6.07, 6.45) is 3.63. The largest absolute Gasteiger partial charge is 0.329 e. The predicted octanol–water partition coefficient (Wildman–Crippen LogP) is 3.54. The van der Waals surface area contributed by atoms with Crippen molar-refractivity contribution in [3.63, 3.8) is 0 Å². The van der Waals surface area contributed by atoms with Crippen molar-refractivity contribution in [2.24, 2.45) is 7.05 Å². The van der Waals surface area contributed by atoms with Crippen LogP contribution < -0.4 is 0 Å². The molecule has 0 bridgehead atoms. The first-order chi connectivity index (χ1) is 8.08. The van der Waals surface area contributed by atoms with Crippen LogP contribution in [0, 0.1) is 0 Å². The number of hydrogen-bond acceptors (Lipinski definition) is 3. The van der Waals surface area contributed by atoms with E-state index in [1.165, 1.54) is 11.8 Å². The van der Waals surface area contributed by atoms with Gasteiger partial charge in [0.2, 0.25) is 0 Å². The number of halogens is 1. The Bertz CT molecular complexity index is 565. The Morgan fingerprint density at radius 3 is 2.82 bits per heavy atom. The molecule has 0 amide bonds. The quantitative estimate of drug-likeness (QED) is 0.813. The highest BCUT2D eigenvalue weighted by Gasteiger charge is 2.11. The first kappa shape index (κ1) is 12.4. The van der Waals surface area contributed by atoms with E-state index in [2.05, 4.69) is 20.9 Å². The normalized spacial score (nSPS) is 10.5. The van der Waals surface area contributed by atoms with E-state index in [9.17, 15) is 4.79 Å². The fourth-order valence-electron chi connectivity index (χ4n) is 1.42. The summed E-state index contributed by atoms with van der Waals surface area (Å²) in [7, 11) is 1.93. The number of nitrogens with zero attached hydrogens (tertiary/aromatic N) is 2. The Balaban J connectivity index is 2.41. The van der Waals surface area contributed by atoms with Gasteiger partial charge in [-0.2, -0.15) is 0 Å². The molecule has 1 heterocycles. The van der Waals surface area contributed by atoms with E-state index >= 15 is 0 Å². The number of rotatable bonds is 3. The van der Waals surface area contributed by atoms with Crippen LogP contribution in [-0.4, -0.2) is 15.3 Å². The number of carbonyl (C=O) groups is 1. The number of Topliss-reactive ketones (excluding diaryl/α,β-unsaturated/α-hetero) is 1. The van der Waals surface area contributed by atoms with E-state index in [1.807, 2.05) is 36.0 Å². The van der Waals surface area contributed by atoms with Gasteiger partial charge in [0, 0.05) is 34.4 Å². The highest BCUT2D eigenvalue weighted by atomic mass is 79.9. The molecule has 0 N–H and O–H groups in total. The molecule has 88 valence electrons. The minimum absolute atomic E-state index is 0.0641. The second-order valence-electron chi connectivity index (χ2n) is 3.62. The molecule has 0 fully saturated rings. The molecule has 2 aromatic rings. The van der Waals surface area contributed by atoms with Gasteiger partial charge in [-0.05, 0) is 25.1 Å². The standard InChI is InChI=1S/C12H11BrN2OS/c1-8(16)10-4-3-9(13)7-11(10)17-12-14-5-6-15(12)2/h3-7H,1-2H3. The number of carbonyl (C=O) groups excluding carboxylic acids is 1. The van der Waals surface area contributed by atoms with Gasteiger partial charge >= 0.3 is 0 Å². The summed E-state index contributed by atoms with van der Waals surface area (Å²) >= 11 is 4.91. The lowest BCUT2D eigenvalue weighted by Crippen LogP contribution is -1.96. The second kappa shape index (κ2) is 5.06. The van der Waals surface area contributed by atoms with Gasteiger partial charge in [0.05, 0.1) is 0 Å². The van der Waals surface area contributed by atoms with E-state index in [0.29, 0.717) is 0 Å². The van der Waals surface area contributed by atoms with Crippen molar-refractivity contribution < 1.29 is 4.79 Å². The molecule has 0 spiro atoms. The fourth-order valence-corrected chi connectivity index (χ4v) is 2.96. The third-order valence-corrected chi connectivity index (χ3v) is 3.93. The van der Waals surface area contributed by atoms with Crippen molar-refractivity contribution in [2.45, 2.75) is 17.0 Å². The van der Waals surface area contributed by atoms with Crippen molar-refractivity contribution in [1.82, 2.24) is 9.55 Å². The predicted molar refractivity (Wildman–Crippen MR) is 71.5 cm³/mol. The average molecular weight is 311 g/mol. The third-order valence-electron chi connectivity index (χ3n) is 2.30. The van der Waals surface area contributed by atoms with Gasteiger partial charge in [-0.3, -0.25) is 4.79 Å². The summed E-state index contributed by atoms with van der Waals surface area (Å²) in [6, 6.07) is 5.65. The van der Waals surface area contributed by atoms with Crippen molar-refractivity contribution in [3.8, 4) is 0 Å². The van der Waals surface area contributed by atoms with Crippen LogP contribution in [0.2, 0.25) is 0 Å². The molecule has 3 nitrogen and oxygen atoms in total. The summed E-state index contributed by atoms with van der Waals surface area (Å²) in [5.74, 6) is 0.0641. The van der Waals surface area contributed by atoms with E-state index in [-0.39, 0.29) is 5.78 Å². The van der Waals surface area contributed by atoms with Gasteiger partial charge in [0.25, 0.3) is 0 Å². The monoisotopic (exact) mass is 310 g/mol. The Morgan fingerprint density at radius 1 is 1.47 bits per heavy atom. The molecule has 0 saturated heterocycles. The van der Waals surface area contributed by atoms with Crippen molar-refractivity contribution in [2.75, 3.05) is 0 Å². The zero-order valence-corrected chi connectivity index (χ0v) is 11.9. The third kappa shape index (κ3) is 2.79. The molecule has 1 aromatic carbocycles. The van der Waals surface area contributed by atoms with Crippen LogP contribution in [-0.2, 0) is 7.05 Å². The van der Waals surface area contributed by atoms with Crippen LogP contribution in [0.15, 0.2) is 45.1 Å². The van der Waals surface area contributed by atoms with Crippen LogP contribution in [0.5, 0.6) is 0 Å². The minimum Gasteiger partial charge on any atom is -0.329 e. The summed E-state index contributed by atoms with van der Waals surface area (Å²) in [5, 5.41) is 0.866. The van der Waals surface area contributed by atoms with E-state index in [4.69, 9.17) is 0 Å². The van der Waals surface area contributed by atoms with Crippen molar-refractivity contribution >= 4 is 33.5 Å². The molecule has 17 heavy (non-hydrogen) atoms. The van der Waals surface area contributed by atoms with Gasteiger partial charge in [0.1, 0.15) is 0 Å². The molecule has 0 radical (unpaired) electrons. The fraction of sp³-hybridized carbons (Fsp3) is 0.167. The number of benzene rings is 1. The lowest BCUT2D eigenvalue weighted by molar-refractivity contribution is 0.101. The summed E-state index contributed by atoms with van der Waals surface area (Å²) in [6.45, 7) is 1.58. The molecule has 2 rings (SSSR count). The summed E-state index contributed by atoms with van der Waals surface area (Å²) < 4.78 is 2.88. The molecule has 0 aliphatic rings. The maximum absolute atomic E-state index is 11.5. The summed E-state index contributed by atoms with van der Waals surface area (Å²) in [4.78, 5) is 16.7. The smallest absolute Gasteiger partial charge is 0.172 e. The maximum atomic E-state index is 11.5. The van der Waals surface area contributed by atoms with Gasteiger partial charge < -0.3 is 4.57 Å². The van der Waals surface area contributed by atoms with Crippen molar-refractivity contribution in [1.29, 1.82) is 0 Å². The molecule has 5 heteroatoms. The number of aryl methyl sites for hydroxylation is 1. The number of hydrogen-bond donors (Lipinski definition) is 0. The molecule has 0 aliphatic carbocycles. The van der Waals surface area contributed by atoms with Crippen LogP contribution in [0.25, 0.3) is 0 Å². The highest BCUT2D eigenvalue weighted by Crippen LogP contribution is 2.31. The van der Waals surface area contributed by atoms with E-state index in [0.717, 1.165) is 20.1 Å². The number of imidazole rings is 1. The molecule has 0 unspecified atom stereocenters. The van der Waals surface area contributed by atoms with Crippen LogP contribution >= 0.6 is 27.7 Å². The summed E-state index contributed by atoms with van der Waals surface area (Å²) in [5.41, 5.74) is 0.723. The second-order valence-corrected chi connectivity index (χ2v) is 5.54. The molecular weight excluding hydrogens is 300 g/mol. The zero-order valence-electron chi connectivity index (χ0n) is 9.48. The molecule has 1 aromatic heterocycles. The van der Waals surface area contributed by atoms with Gasteiger partial charge in [-0.15, -0.1) is 0 Å². The SMILES string of the molecule is CC(=O)c1ccc(Br)cc1Sc1nccn1C. The van der Waals surface area contributed by atoms with E-state index < -0.39 is 0 Å². The van der Waals surface area contributed by atoms with Gasteiger partial charge in [-0.1, -0.05) is 27.7 Å². The van der Waals surface area contributed by atoms with Crippen LogP contribution in [0.4, 0.5) is 0 Å². The molecular formula is C12H11BrN2OS. The number of aromatic nitrogens is 2. The minimum atomic E-state index is 0.0641. The first-order valence-electron chi connectivity index (χ1n) is 5.03. The maximum Gasteiger partial charge on any atom is 0.172 e. The highest BCUT2D eigenvalue weighted by molar-refractivity contribution is 9.10. The number of ketones is 1. The van der Waals surface area contributed by atoms with E-state index in [1.54, 1.807) is 13.1 Å². The van der Waals surface area contributed by atoms with Gasteiger partial charge in [-0.25, -0.2) is 4.98 Å². The Kier molecular flexibility index (Phi) is 3.69. The Morgan fingerprint density at radius 2 is 2.24 bits per heavy atom. The van der Waals surface area contributed by atoms with Crippen LogP contribution in [0.3, 0.4) is 0 Å². The Labute approximate surface area is 112 Å². The lowest BCUT2D eigenvalue weighted by Gasteiger charge is -2.07. The van der Waals surface area contributed by atoms with Gasteiger partial charge in [0.15, 0.2) is 10.9 Å². The molecule has 0 atom stereocenters. The van der Waals surface area contributed by atoms with Crippen LogP contribution in [0.1, 0.15) is 17.3 Å². The lowest BCUT2D eigenvalue weighted by atomic mass is 10.1. The topological polar surface area (TPSA) is 34.9 Å². The average Bonchev–Trinajstić information content (AvgIpc) is 2.64.